The van der Waals surface area contributed by atoms with Crippen molar-refractivity contribution in [2.45, 2.75) is 58.8 Å². The molecule has 0 saturated carbocycles. The second-order valence-corrected chi connectivity index (χ2v) is 11.6. The van der Waals surface area contributed by atoms with Gasteiger partial charge < -0.3 is 9.47 Å². The van der Waals surface area contributed by atoms with Crippen LogP contribution in [0.2, 0.25) is 0 Å². The molecule has 0 amide bonds. The number of benzene rings is 3. The predicted molar refractivity (Wildman–Crippen MR) is 172 cm³/mol. The zero-order valence-corrected chi connectivity index (χ0v) is 25.2. The highest BCUT2D eigenvalue weighted by molar-refractivity contribution is 5.98. The second kappa shape index (κ2) is 15.2. The third-order valence-corrected chi connectivity index (χ3v) is 8.59. The summed E-state index contributed by atoms with van der Waals surface area (Å²) in [6.45, 7) is 12.7. The number of hydrogen-bond acceptors (Lipinski definition) is 4. The number of aryl methyl sites for hydroxylation is 1. The first-order valence-electron chi connectivity index (χ1n) is 15.9. The van der Waals surface area contributed by atoms with Crippen molar-refractivity contribution in [3.63, 3.8) is 0 Å². The van der Waals surface area contributed by atoms with Crippen LogP contribution in [0.1, 0.15) is 74.1 Å². The molecular formula is C37H48N2O2. The van der Waals surface area contributed by atoms with Crippen molar-refractivity contribution in [1.82, 2.24) is 9.80 Å². The molecule has 3 aromatic carbocycles. The van der Waals surface area contributed by atoms with E-state index in [-0.39, 0.29) is 0 Å². The molecule has 0 unspecified atom stereocenters. The molecule has 0 radical (unpaired) electrons. The summed E-state index contributed by atoms with van der Waals surface area (Å²) in [5, 5.41) is 0. The van der Waals surface area contributed by atoms with Gasteiger partial charge >= 0.3 is 0 Å². The van der Waals surface area contributed by atoms with Gasteiger partial charge in [-0.1, -0.05) is 73.9 Å². The van der Waals surface area contributed by atoms with E-state index in [0.717, 1.165) is 44.2 Å². The van der Waals surface area contributed by atoms with Gasteiger partial charge in [0, 0.05) is 13.1 Å². The van der Waals surface area contributed by atoms with Crippen LogP contribution in [0.15, 0.2) is 72.8 Å². The lowest BCUT2D eigenvalue weighted by Gasteiger charge is -2.26. The van der Waals surface area contributed by atoms with Gasteiger partial charge in [0.15, 0.2) is 0 Å². The number of likely N-dealkylation sites (tertiary alicyclic amines) is 2. The Morgan fingerprint density at radius 1 is 0.561 bits per heavy atom. The van der Waals surface area contributed by atoms with Crippen molar-refractivity contribution in [3.05, 3.63) is 95.1 Å². The fraction of sp³-hybridized carbons (Fsp3) is 0.459. The molecule has 2 aliphatic rings. The Kier molecular flexibility index (Phi) is 10.9. The van der Waals surface area contributed by atoms with Crippen molar-refractivity contribution < 1.29 is 9.47 Å². The maximum atomic E-state index is 6.15. The lowest BCUT2D eigenvalue weighted by atomic mass is 9.88. The molecule has 5 rings (SSSR count). The molecule has 0 N–H and O–H groups in total. The van der Waals surface area contributed by atoms with E-state index >= 15 is 0 Å². The zero-order valence-electron chi connectivity index (χ0n) is 25.2. The smallest absolute Gasteiger partial charge is 0.119 e. The van der Waals surface area contributed by atoms with Crippen molar-refractivity contribution in [2.75, 3.05) is 52.5 Å². The minimum atomic E-state index is 0.741. The van der Waals surface area contributed by atoms with Crippen molar-refractivity contribution in [1.29, 1.82) is 0 Å². The number of piperidine rings is 2. The minimum Gasteiger partial charge on any atom is -0.492 e. The molecule has 2 fully saturated rings. The van der Waals surface area contributed by atoms with Gasteiger partial charge in [-0.15, -0.1) is 0 Å². The monoisotopic (exact) mass is 552 g/mol. The Labute approximate surface area is 248 Å². The lowest BCUT2D eigenvalue weighted by molar-refractivity contribution is 0.183. The summed E-state index contributed by atoms with van der Waals surface area (Å²) in [4.78, 5) is 5.05. The van der Waals surface area contributed by atoms with Crippen molar-refractivity contribution >= 4 is 11.1 Å². The van der Waals surface area contributed by atoms with Crippen LogP contribution in [-0.4, -0.2) is 62.3 Å². The highest BCUT2D eigenvalue weighted by Crippen LogP contribution is 2.36. The summed E-state index contributed by atoms with van der Waals surface area (Å²) in [5.41, 5.74) is 7.60. The molecule has 218 valence electrons. The Balaban J connectivity index is 1.32. The summed E-state index contributed by atoms with van der Waals surface area (Å²) >= 11 is 0. The average Bonchev–Trinajstić information content (AvgIpc) is 3.02. The Bertz CT molecular complexity index is 1150. The number of ether oxygens (including phenoxy) is 2. The lowest BCUT2D eigenvalue weighted by Crippen LogP contribution is -2.33. The maximum Gasteiger partial charge on any atom is 0.119 e. The first kappa shape index (κ1) is 29.4. The summed E-state index contributed by atoms with van der Waals surface area (Å²) in [7, 11) is 0. The van der Waals surface area contributed by atoms with Gasteiger partial charge in [-0.25, -0.2) is 0 Å². The average molecular weight is 553 g/mol. The second-order valence-electron chi connectivity index (χ2n) is 11.6. The normalized spacial score (nSPS) is 16.3. The van der Waals surface area contributed by atoms with E-state index in [2.05, 4.69) is 96.4 Å². The summed E-state index contributed by atoms with van der Waals surface area (Å²) in [6, 6.07) is 26.3. The first-order chi connectivity index (χ1) is 20.2. The van der Waals surface area contributed by atoms with Gasteiger partial charge in [0.2, 0.25) is 0 Å². The standard InChI is InChI=1S/C37H48N2O2/c1-3-36(31-12-10-30(2)11-13-31)37(32-14-18-34(19-15-32)40-28-26-38-22-6-4-7-23-38)33-16-20-35(21-17-33)41-29-27-39-24-8-5-9-25-39/h10-21H,3-9,22-29H2,1-2H3. The van der Waals surface area contributed by atoms with Crippen molar-refractivity contribution in [3.8, 4) is 11.5 Å². The Morgan fingerprint density at radius 2 is 0.976 bits per heavy atom. The topological polar surface area (TPSA) is 24.9 Å². The van der Waals surface area contributed by atoms with Crippen LogP contribution in [0.4, 0.5) is 0 Å². The highest BCUT2D eigenvalue weighted by Gasteiger charge is 2.15. The molecule has 2 saturated heterocycles. The third kappa shape index (κ3) is 8.47. The largest absolute Gasteiger partial charge is 0.492 e. The number of allylic oxidation sites excluding steroid dienone is 1. The SMILES string of the molecule is CCC(=C(c1ccc(OCCN2CCCCC2)cc1)c1ccc(OCCN2CCCCC2)cc1)c1ccc(C)cc1. The van der Waals surface area contributed by atoms with Gasteiger partial charge in [-0.2, -0.15) is 0 Å². The molecule has 0 aliphatic carbocycles. The van der Waals surface area contributed by atoms with E-state index in [4.69, 9.17) is 9.47 Å². The number of nitrogens with zero attached hydrogens (tertiary/aromatic N) is 2. The molecule has 0 aromatic heterocycles. The molecular weight excluding hydrogens is 504 g/mol. The van der Waals surface area contributed by atoms with Gasteiger partial charge in [0.25, 0.3) is 0 Å². The molecule has 2 heterocycles. The zero-order chi connectivity index (χ0) is 28.3. The van der Waals surface area contributed by atoms with Crippen LogP contribution in [0.5, 0.6) is 11.5 Å². The van der Waals surface area contributed by atoms with Gasteiger partial charge in [-0.05, 0) is 117 Å². The first-order valence-corrected chi connectivity index (χ1v) is 15.9. The van der Waals surface area contributed by atoms with Crippen LogP contribution >= 0.6 is 0 Å². The Morgan fingerprint density at radius 3 is 1.39 bits per heavy atom. The fourth-order valence-electron chi connectivity index (χ4n) is 6.18. The summed E-state index contributed by atoms with van der Waals surface area (Å²) < 4.78 is 12.3. The molecule has 0 atom stereocenters. The third-order valence-electron chi connectivity index (χ3n) is 8.59. The van der Waals surface area contributed by atoms with E-state index in [9.17, 15) is 0 Å². The summed E-state index contributed by atoms with van der Waals surface area (Å²) in [5.74, 6) is 1.88. The predicted octanol–water partition coefficient (Wildman–Crippen LogP) is 8.09. The van der Waals surface area contributed by atoms with Gasteiger partial charge in [0.1, 0.15) is 24.7 Å². The van der Waals surface area contributed by atoms with E-state index < -0.39 is 0 Å². The van der Waals surface area contributed by atoms with Gasteiger partial charge in [0.05, 0.1) is 0 Å². The van der Waals surface area contributed by atoms with Crippen molar-refractivity contribution in [2.24, 2.45) is 0 Å². The minimum absolute atomic E-state index is 0.741. The molecule has 41 heavy (non-hydrogen) atoms. The van der Waals surface area contributed by atoms with Crippen LogP contribution in [-0.2, 0) is 0 Å². The quantitative estimate of drug-likeness (QED) is 0.212. The molecule has 2 aliphatic heterocycles. The molecule has 4 nitrogen and oxygen atoms in total. The van der Waals surface area contributed by atoms with Crippen LogP contribution in [0.3, 0.4) is 0 Å². The number of rotatable bonds is 12. The van der Waals surface area contributed by atoms with Crippen LogP contribution < -0.4 is 9.47 Å². The molecule has 0 bridgehead atoms. The maximum absolute atomic E-state index is 6.15. The van der Waals surface area contributed by atoms with E-state index in [1.54, 1.807) is 0 Å². The Hall–Kier alpha value is -3.08. The molecule has 0 spiro atoms. The van der Waals surface area contributed by atoms with Crippen LogP contribution in [0, 0.1) is 6.92 Å². The summed E-state index contributed by atoms with van der Waals surface area (Å²) in [6.07, 6.45) is 8.94. The number of hydrogen-bond donors (Lipinski definition) is 0. The van der Waals surface area contributed by atoms with Gasteiger partial charge in [-0.3, -0.25) is 9.80 Å². The molecule has 4 heteroatoms. The highest BCUT2D eigenvalue weighted by atomic mass is 16.5. The van der Waals surface area contributed by atoms with E-state index in [1.807, 2.05) is 0 Å². The van der Waals surface area contributed by atoms with E-state index in [1.165, 1.54) is 98.1 Å². The van der Waals surface area contributed by atoms with E-state index in [0.29, 0.717) is 0 Å². The molecule has 3 aromatic rings. The van der Waals surface area contributed by atoms with Crippen LogP contribution in [0.25, 0.3) is 11.1 Å². The fourth-order valence-corrected chi connectivity index (χ4v) is 6.18.